The summed E-state index contributed by atoms with van der Waals surface area (Å²) in [5.74, 6) is -0.521. The number of benzene rings is 2. The first kappa shape index (κ1) is 15.0. The maximum Gasteiger partial charge on any atom is 0.131 e. The minimum absolute atomic E-state index is 0.220. The third kappa shape index (κ3) is 3.11. The van der Waals surface area contributed by atoms with Crippen molar-refractivity contribution in [2.45, 2.75) is 39.0 Å². The van der Waals surface area contributed by atoms with E-state index in [1.807, 2.05) is 6.07 Å². The first-order valence-electron chi connectivity index (χ1n) is 7.92. The number of hydrogen-bond donors (Lipinski definition) is 0. The molecule has 0 aliphatic heterocycles. The van der Waals surface area contributed by atoms with Crippen LogP contribution in [0, 0.1) is 11.6 Å². The maximum atomic E-state index is 14.4. The van der Waals surface area contributed by atoms with Crippen molar-refractivity contribution in [3.05, 3.63) is 70.8 Å². The lowest BCUT2D eigenvalue weighted by Crippen LogP contribution is -2.05. The molecule has 0 bridgehead atoms. The molecule has 22 heavy (non-hydrogen) atoms. The molecule has 3 rings (SSSR count). The van der Waals surface area contributed by atoms with Gasteiger partial charge in [-0.2, -0.15) is 0 Å². The van der Waals surface area contributed by atoms with Crippen LogP contribution >= 0.6 is 0 Å². The monoisotopic (exact) mass is 298 g/mol. The van der Waals surface area contributed by atoms with E-state index in [4.69, 9.17) is 0 Å². The van der Waals surface area contributed by atoms with E-state index in [1.165, 1.54) is 36.1 Å². The molecular weight excluding hydrogens is 278 g/mol. The van der Waals surface area contributed by atoms with Crippen LogP contribution in [-0.2, 0) is 12.8 Å². The minimum Gasteiger partial charge on any atom is -0.207 e. The molecular formula is C20H20F2. The molecule has 1 aliphatic rings. The Morgan fingerprint density at radius 1 is 1.00 bits per heavy atom. The van der Waals surface area contributed by atoms with Crippen LogP contribution in [0.2, 0.25) is 0 Å². The molecule has 0 saturated heterocycles. The van der Waals surface area contributed by atoms with E-state index in [1.54, 1.807) is 18.2 Å². The highest BCUT2D eigenvalue weighted by Gasteiger charge is 2.15. The van der Waals surface area contributed by atoms with Gasteiger partial charge in [0.05, 0.1) is 0 Å². The molecule has 0 aromatic heterocycles. The SMILES string of the molecule is CCCCC1=CCc2cc(-c3ccc(F)cc3)c(F)cc2C1. The molecule has 0 radical (unpaired) electrons. The van der Waals surface area contributed by atoms with Crippen molar-refractivity contribution in [2.24, 2.45) is 0 Å². The van der Waals surface area contributed by atoms with Gasteiger partial charge in [0.15, 0.2) is 0 Å². The highest BCUT2D eigenvalue weighted by Crippen LogP contribution is 2.31. The number of allylic oxidation sites excluding steroid dienone is 2. The fraction of sp³-hybridized carbons (Fsp3) is 0.300. The highest BCUT2D eigenvalue weighted by atomic mass is 19.1. The summed E-state index contributed by atoms with van der Waals surface area (Å²) in [6.45, 7) is 2.19. The van der Waals surface area contributed by atoms with Gasteiger partial charge in [0.25, 0.3) is 0 Å². The van der Waals surface area contributed by atoms with Crippen LogP contribution in [-0.4, -0.2) is 0 Å². The second kappa shape index (κ2) is 6.43. The van der Waals surface area contributed by atoms with Crippen LogP contribution in [0.25, 0.3) is 11.1 Å². The van der Waals surface area contributed by atoms with Gasteiger partial charge in [-0.3, -0.25) is 0 Å². The summed E-state index contributed by atoms with van der Waals surface area (Å²) < 4.78 is 27.4. The molecule has 0 heterocycles. The van der Waals surface area contributed by atoms with Gasteiger partial charge in [0, 0.05) is 5.56 Å². The number of halogens is 2. The van der Waals surface area contributed by atoms with E-state index in [9.17, 15) is 8.78 Å². The van der Waals surface area contributed by atoms with Crippen molar-refractivity contribution in [1.29, 1.82) is 0 Å². The summed E-state index contributed by atoms with van der Waals surface area (Å²) in [5.41, 5.74) is 4.98. The highest BCUT2D eigenvalue weighted by molar-refractivity contribution is 5.66. The summed E-state index contributed by atoms with van der Waals surface area (Å²) in [6, 6.07) is 9.59. The standard InChI is InChI=1S/C20H20F2/c1-2-3-4-14-5-6-16-12-19(20(22)13-17(16)11-14)15-7-9-18(21)10-8-15/h5,7-10,12-13H,2-4,6,11H2,1H3. The summed E-state index contributed by atoms with van der Waals surface area (Å²) in [6.07, 6.45) is 7.49. The third-order valence-electron chi connectivity index (χ3n) is 4.32. The van der Waals surface area contributed by atoms with Gasteiger partial charge in [-0.05, 0) is 66.6 Å². The molecule has 0 saturated carbocycles. The van der Waals surface area contributed by atoms with Crippen molar-refractivity contribution in [2.75, 3.05) is 0 Å². The molecule has 0 spiro atoms. The Morgan fingerprint density at radius 2 is 1.77 bits per heavy atom. The van der Waals surface area contributed by atoms with Crippen molar-refractivity contribution < 1.29 is 8.78 Å². The van der Waals surface area contributed by atoms with Crippen molar-refractivity contribution in [1.82, 2.24) is 0 Å². The van der Waals surface area contributed by atoms with Crippen molar-refractivity contribution in [3.63, 3.8) is 0 Å². The molecule has 2 aromatic rings. The predicted octanol–water partition coefficient (Wildman–Crippen LogP) is 5.85. The van der Waals surface area contributed by atoms with Gasteiger partial charge in [-0.1, -0.05) is 37.1 Å². The first-order valence-corrected chi connectivity index (χ1v) is 7.92. The molecule has 2 aromatic carbocycles. The number of hydrogen-bond acceptors (Lipinski definition) is 0. The van der Waals surface area contributed by atoms with Gasteiger partial charge in [-0.15, -0.1) is 0 Å². The fourth-order valence-corrected chi connectivity index (χ4v) is 3.03. The lowest BCUT2D eigenvalue weighted by molar-refractivity contribution is 0.624. The van der Waals surface area contributed by atoms with Crippen molar-refractivity contribution >= 4 is 0 Å². The molecule has 0 nitrogen and oxygen atoms in total. The van der Waals surface area contributed by atoms with Gasteiger partial charge in [0.2, 0.25) is 0 Å². The third-order valence-corrected chi connectivity index (χ3v) is 4.32. The van der Waals surface area contributed by atoms with Crippen LogP contribution in [0.3, 0.4) is 0 Å². The Morgan fingerprint density at radius 3 is 2.50 bits per heavy atom. The molecule has 0 amide bonds. The zero-order valence-corrected chi connectivity index (χ0v) is 12.8. The molecule has 0 unspecified atom stereocenters. The van der Waals surface area contributed by atoms with Gasteiger partial charge in [-0.25, -0.2) is 8.78 Å². The summed E-state index contributed by atoms with van der Waals surface area (Å²) >= 11 is 0. The Balaban J connectivity index is 1.89. The molecule has 0 N–H and O–H groups in total. The lowest BCUT2D eigenvalue weighted by atomic mass is 9.87. The Bertz CT molecular complexity index is 696. The molecule has 0 fully saturated rings. The summed E-state index contributed by atoms with van der Waals surface area (Å²) in [7, 11) is 0. The molecule has 1 aliphatic carbocycles. The lowest BCUT2D eigenvalue weighted by Gasteiger charge is -2.19. The van der Waals surface area contributed by atoms with Crippen LogP contribution in [0.4, 0.5) is 8.78 Å². The average molecular weight is 298 g/mol. The van der Waals surface area contributed by atoms with E-state index in [-0.39, 0.29) is 11.6 Å². The normalized spacial score (nSPS) is 13.7. The van der Waals surface area contributed by atoms with Gasteiger partial charge >= 0.3 is 0 Å². The van der Waals surface area contributed by atoms with Gasteiger partial charge in [0.1, 0.15) is 11.6 Å². The largest absolute Gasteiger partial charge is 0.207 e. The number of unbranched alkanes of at least 4 members (excludes halogenated alkanes) is 1. The summed E-state index contributed by atoms with van der Waals surface area (Å²) in [4.78, 5) is 0. The molecule has 2 heteroatoms. The van der Waals surface area contributed by atoms with E-state index >= 15 is 0 Å². The second-order valence-electron chi connectivity index (χ2n) is 5.95. The van der Waals surface area contributed by atoms with Crippen LogP contribution in [0.5, 0.6) is 0 Å². The van der Waals surface area contributed by atoms with Crippen LogP contribution < -0.4 is 0 Å². The Kier molecular flexibility index (Phi) is 4.37. The zero-order chi connectivity index (χ0) is 15.5. The number of rotatable bonds is 4. The van der Waals surface area contributed by atoms with Crippen molar-refractivity contribution in [3.8, 4) is 11.1 Å². The second-order valence-corrected chi connectivity index (χ2v) is 5.95. The Labute approximate surface area is 130 Å². The van der Waals surface area contributed by atoms with Crippen LogP contribution in [0.1, 0.15) is 37.3 Å². The quantitative estimate of drug-likeness (QED) is 0.621. The van der Waals surface area contributed by atoms with E-state index in [0.29, 0.717) is 5.56 Å². The molecule has 0 atom stereocenters. The minimum atomic E-state index is -0.300. The van der Waals surface area contributed by atoms with Gasteiger partial charge < -0.3 is 0 Å². The van der Waals surface area contributed by atoms with E-state index in [0.717, 1.165) is 30.4 Å². The maximum absolute atomic E-state index is 14.4. The zero-order valence-electron chi connectivity index (χ0n) is 12.8. The number of fused-ring (bicyclic) bond motifs is 1. The average Bonchev–Trinajstić information content (AvgIpc) is 2.53. The predicted molar refractivity (Wildman–Crippen MR) is 86.8 cm³/mol. The first-order chi connectivity index (χ1) is 10.7. The summed E-state index contributed by atoms with van der Waals surface area (Å²) in [5, 5.41) is 0. The topological polar surface area (TPSA) is 0 Å². The van der Waals surface area contributed by atoms with E-state index in [2.05, 4.69) is 13.0 Å². The Hall–Kier alpha value is -1.96. The van der Waals surface area contributed by atoms with Crippen LogP contribution in [0.15, 0.2) is 48.0 Å². The smallest absolute Gasteiger partial charge is 0.131 e. The fourth-order valence-electron chi connectivity index (χ4n) is 3.03. The van der Waals surface area contributed by atoms with E-state index < -0.39 is 0 Å². The molecule has 114 valence electrons.